The number of primary amides is 2. The fourth-order valence-electron chi connectivity index (χ4n) is 0.618. The van der Waals surface area contributed by atoms with Crippen LogP contribution in [0.3, 0.4) is 0 Å². The number of rotatable bonds is 3. The van der Waals surface area contributed by atoms with Crippen LogP contribution in [-0.2, 0) is 14.3 Å². The molecule has 1 heterocycles. The minimum absolute atomic E-state index is 0.137. The van der Waals surface area contributed by atoms with Gasteiger partial charge in [-0.15, -0.1) is 0 Å². The number of nitrogens with two attached hydrogens (primary N) is 3. The van der Waals surface area contributed by atoms with Crippen LogP contribution in [0.15, 0.2) is 0 Å². The Morgan fingerprint density at radius 3 is 1.78 bits per heavy atom. The highest BCUT2D eigenvalue weighted by molar-refractivity contribution is 5.87. The van der Waals surface area contributed by atoms with E-state index in [0.29, 0.717) is 0 Å². The van der Waals surface area contributed by atoms with Crippen molar-refractivity contribution in [2.45, 2.75) is 24.3 Å². The van der Waals surface area contributed by atoms with E-state index in [1.54, 1.807) is 0 Å². The van der Waals surface area contributed by atoms with Gasteiger partial charge in [-0.3, -0.25) is 9.59 Å². The zero-order chi connectivity index (χ0) is 14.8. The van der Waals surface area contributed by atoms with Crippen LogP contribution in [0.5, 0.6) is 0 Å². The van der Waals surface area contributed by atoms with Crippen molar-refractivity contribution in [3.8, 4) is 0 Å². The van der Waals surface area contributed by atoms with Gasteiger partial charge in [0.15, 0.2) is 5.60 Å². The minimum atomic E-state index is -4.67. The SMILES string of the molecule is CC(O)(CN)C(N)=O.NC(=O)C1(C(F)(F)F)CO1. The van der Waals surface area contributed by atoms with E-state index in [9.17, 15) is 22.8 Å². The molecule has 1 saturated heterocycles. The van der Waals surface area contributed by atoms with Gasteiger partial charge in [-0.05, 0) is 6.92 Å². The van der Waals surface area contributed by atoms with E-state index in [1.165, 1.54) is 6.92 Å². The van der Waals surface area contributed by atoms with Crippen LogP contribution in [0.2, 0.25) is 0 Å². The normalized spacial score (nSPS) is 25.4. The minimum Gasteiger partial charge on any atom is -0.379 e. The average molecular weight is 273 g/mol. The molecular formula is C8H14F3N3O4. The van der Waals surface area contributed by atoms with Gasteiger partial charge in [0.25, 0.3) is 11.5 Å². The topological polar surface area (TPSA) is 145 Å². The maximum absolute atomic E-state index is 11.7. The molecule has 2 amide bonds. The van der Waals surface area contributed by atoms with Crippen molar-refractivity contribution in [2.24, 2.45) is 17.2 Å². The van der Waals surface area contributed by atoms with Gasteiger partial charge >= 0.3 is 6.18 Å². The molecule has 1 aliphatic heterocycles. The van der Waals surface area contributed by atoms with E-state index in [-0.39, 0.29) is 6.54 Å². The zero-order valence-electron chi connectivity index (χ0n) is 9.45. The number of ether oxygens (including phenoxy) is 1. The quantitative estimate of drug-likeness (QED) is 0.439. The molecule has 0 aromatic carbocycles. The lowest BCUT2D eigenvalue weighted by Gasteiger charge is -2.14. The summed E-state index contributed by atoms with van der Waals surface area (Å²) in [5.41, 5.74) is 9.89. The van der Waals surface area contributed by atoms with Crippen LogP contribution in [0.4, 0.5) is 13.2 Å². The third-order valence-electron chi connectivity index (χ3n) is 2.22. The summed E-state index contributed by atoms with van der Waals surface area (Å²) in [7, 11) is 0. The molecule has 1 fully saturated rings. The van der Waals surface area contributed by atoms with Crippen molar-refractivity contribution < 1.29 is 32.6 Å². The van der Waals surface area contributed by atoms with Crippen LogP contribution >= 0.6 is 0 Å². The summed E-state index contributed by atoms with van der Waals surface area (Å²) >= 11 is 0. The van der Waals surface area contributed by atoms with Crippen molar-refractivity contribution in [2.75, 3.05) is 13.2 Å². The number of hydrogen-bond acceptors (Lipinski definition) is 5. The van der Waals surface area contributed by atoms with Crippen molar-refractivity contribution in [1.82, 2.24) is 0 Å². The Morgan fingerprint density at radius 1 is 1.39 bits per heavy atom. The van der Waals surface area contributed by atoms with Crippen LogP contribution in [0.25, 0.3) is 0 Å². The lowest BCUT2D eigenvalue weighted by Crippen LogP contribution is -2.46. The highest BCUT2D eigenvalue weighted by atomic mass is 19.4. The first-order chi connectivity index (χ1) is 7.90. The number of carbonyl (C=O) groups excluding carboxylic acids is 2. The summed E-state index contributed by atoms with van der Waals surface area (Å²) in [5.74, 6) is -2.26. The molecule has 10 heteroatoms. The van der Waals surface area contributed by atoms with Gasteiger partial charge in [0, 0.05) is 6.54 Å². The van der Waals surface area contributed by atoms with Gasteiger partial charge in [0.05, 0.1) is 6.61 Å². The third-order valence-corrected chi connectivity index (χ3v) is 2.22. The number of hydrogen-bond donors (Lipinski definition) is 4. The standard InChI is InChI=1S/C4H4F3NO2.C4H10N2O2/c5-4(6,7)3(1-10-3)2(8)9;1-4(8,2-5)3(6)7/h1H2,(H2,8,9);8H,2,5H2,1H3,(H2,6,7). The molecule has 1 aliphatic rings. The van der Waals surface area contributed by atoms with E-state index in [1.807, 2.05) is 0 Å². The summed E-state index contributed by atoms with van der Waals surface area (Å²) in [6, 6.07) is 0. The molecule has 0 aromatic heterocycles. The fraction of sp³-hybridized carbons (Fsp3) is 0.750. The van der Waals surface area contributed by atoms with Gasteiger partial charge in [-0.25, -0.2) is 0 Å². The summed E-state index contributed by atoms with van der Waals surface area (Å²) in [5, 5.41) is 8.80. The summed E-state index contributed by atoms with van der Waals surface area (Å²) < 4.78 is 39.1. The Hall–Kier alpha value is -1.39. The molecule has 0 bridgehead atoms. The summed E-state index contributed by atoms with van der Waals surface area (Å²) in [4.78, 5) is 20.3. The zero-order valence-corrected chi connectivity index (χ0v) is 9.45. The first-order valence-electron chi connectivity index (χ1n) is 4.63. The van der Waals surface area contributed by atoms with E-state index in [0.717, 1.165) is 0 Å². The van der Waals surface area contributed by atoms with E-state index in [2.05, 4.69) is 10.5 Å². The highest BCUT2D eigenvalue weighted by Gasteiger charge is 2.70. The molecule has 0 saturated carbocycles. The third kappa shape index (κ3) is 3.55. The highest BCUT2D eigenvalue weighted by Crippen LogP contribution is 2.43. The molecule has 7 nitrogen and oxygen atoms in total. The predicted molar refractivity (Wildman–Crippen MR) is 52.8 cm³/mol. The molecule has 0 aromatic rings. The van der Waals surface area contributed by atoms with Crippen molar-refractivity contribution >= 4 is 11.8 Å². The Kier molecular flexibility index (Phi) is 4.69. The second-order valence-electron chi connectivity index (χ2n) is 3.82. The molecule has 7 N–H and O–H groups in total. The van der Waals surface area contributed by atoms with Gasteiger partial charge < -0.3 is 27.0 Å². The van der Waals surface area contributed by atoms with E-state index in [4.69, 9.17) is 16.6 Å². The van der Waals surface area contributed by atoms with E-state index >= 15 is 0 Å². The second kappa shape index (κ2) is 5.08. The molecule has 1 rings (SSSR count). The second-order valence-corrected chi connectivity index (χ2v) is 3.82. The first-order valence-corrected chi connectivity index (χ1v) is 4.63. The van der Waals surface area contributed by atoms with Gasteiger partial charge in [-0.1, -0.05) is 0 Å². The number of alkyl halides is 3. The smallest absolute Gasteiger partial charge is 0.379 e. The van der Waals surface area contributed by atoms with Crippen LogP contribution in [0, 0.1) is 0 Å². The fourth-order valence-corrected chi connectivity index (χ4v) is 0.618. The maximum atomic E-state index is 11.7. The predicted octanol–water partition coefficient (Wildman–Crippen LogP) is -2.02. The van der Waals surface area contributed by atoms with Crippen molar-refractivity contribution in [1.29, 1.82) is 0 Å². The van der Waals surface area contributed by atoms with Gasteiger partial charge in [0.1, 0.15) is 0 Å². The van der Waals surface area contributed by atoms with E-state index < -0.39 is 35.8 Å². The van der Waals surface area contributed by atoms with Gasteiger partial charge in [-0.2, -0.15) is 13.2 Å². The molecular weight excluding hydrogens is 259 g/mol. The van der Waals surface area contributed by atoms with Crippen LogP contribution < -0.4 is 17.2 Å². The Labute approximate surface area is 100 Å². The first kappa shape index (κ1) is 16.6. The largest absolute Gasteiger partial charge is 0.428 e. The number of aliphatic hydroxyl groups is 1. The van der Waals surface area contributed by atoms with Crippen LogP contribution in [-0.4, -0.2) is 47.5 Å². The molecule has 0 radical (unpaired) electrons. The van der Waals surface area contributed by atoms with Crippen molar-refractivity contribution in [3.63, 3.8) is 0 Å². The van der Waals surface area contributed by atoms with Gasteiger partial charge in [0.2, 0.25) is 5.91 Å². The Bertz CT molecular complexity index is 339. The molecule has 2 unspecified atom stereocenters. The number of halogens is 3. The molecule has 106 valence electrons. The monoisotopic (exact) mass is 273 g/mol. The lowest BCUT2D eigenvalue weighted by molar-refractivity contribution is -0.187. The molecule has 18 heavy (non-hydrogen) atoms. The lowest BCUT2D eigenvalue weighted by atomic mass is 10.1. The number of amides is 2. The molecule has 0 spiro atoms. The number of epoxide rings is 1. The summed E-state index contributed by atoms with van der Waals surface area (Å²) in [6.45, 7) is 0.490. The Balaban J connectivity index is 0.000000331. The maximum Gasteiger partial charge on any atom is 0.428 e. The Morgan fingerprint density at radius 2 is 1.78 bits per heavy atom. The molecule has 0 aliphatic carbocycles. The number of carbonyl (C=O) groups is 2. The van der Waals surface area contributed by atoms with Crippen molar-refractivity contribution in [3.05, 3.63) is 0 Å². The summed E-state index contributed by atoms with van der Waals surface area (Å²) in [6.07, 6.45) is -4.67. The molecule has 2 atom stereocenters. The average Bonchev–Trinajstić information content (AvgIpc) is 2.97. The van der Waals surface area contributed by atoms with Crippen LogP contribution in [0.1, 0.15) is 6.92 Å².